The van der Waals surface area contributed by atoms with Crippen LogP contribution in [-0.2, 0) is 26.3 Å². The molecule has 3 N–H and O–H groups in total. The van der Waals surface area contributed by atoms with Crippen LogP contribution in [0.1, 0.15) is 31.9 Å². The normalized spacial score (nSPS) is 28.9. The van der Waals surface area contributed by atoms with Gasteiger partial charge in [-0.2, -0.15) is 0 Å². The number of nitrogens with zero attached hydrogens (tertiary/aromatic N) is 1. The highest BCUT2D eigenvalue weighted by Gasteiger charge is 2.71. The molecule has 0 bridgehead atoms. The number of carbonyl (C=O) groups excluding carboxylic acids is 3. The van der Waals surface area contributed by atoms with Crippen LogP contribution in [0.25, 0.3) is 0 Å². The fourth-order valence-electron chi connectivity index (χ4n) is 5.52. The summed E-state index contributed by atoms with van der Waals surface area (Å²) >= 11 is 6.36. The summed E-state index contributed by atoms with van der Waals surface area (Å²) in [4.78, 5) is 42.1. The van der Waals surface area contributed by atoms with Gasteiger partial charge in [0.15, 0.2) is 0 Å². The lowest BCUT2D eigenvalue weighted by Crippen LogP contribution is -2.56. The number of benzene rings is 2. The predicted molar refractivity (Wildman–Crippen MR) is 119 cm³/mol. The number of anilines is 1. The summed E-state index contributed by atoms with van der Waals surface area (Å²) in [6, 6.07) is 11.5. The molecule has 32 heavy (non-hydrogen) atoms. The third kappa shape index (κ3) is 2.74. The van der Waals surface area contributed by atoms with Crippen molar-refractivity contribution >= 4 is 35.0 Å². The van der Waals surface area contributed by atoms with E-state index in [-0.39, 0.29) is 23.5 Å². The van der Waals surface area contributed by atoms with Crippen molar-refractivity contribution in [3.05, 3.63) is 58.6 Å². The minimum absolute atomic E-state index is 0.146. The van der Waals surface area contributed by atoms with Crippen LogP contribution in [0.5, 0.6) is 5.75 Å². The van der Waals surface area contributed by atoms with Gasteiger partial charge in [-0.15, -0.1) is 0 Å². The zero-order valence-corrected chi connectivity index (χ0v) is 18.7. The Morgan fingerprint density at radius 1 is 1.06 bits per heavy atom. The van der Waals surface area contributed by atoms with Crippen LogP contribution in [0.4, 0.5) is 5.69 Å². The average molecular weight is 454 g/mol. The van der Waals surface area contributed by atoms with Crippen LogP contribution in [0, 0.1) is 11.8 Å². The molecule has 1 spiro atoms. The van der Waals surface area contributed by atoms with Crippen molar-refractivity contribution in [3.63, 3.8) is 0 Å². The Labute approximate surface area is 190 Å². The molecule has 4 atom stereocenters. The molecule has 3 amide bonds. The van der Waals surface area contributed by atoms with Gasteiger partial charge in [0, 0.05) is 17.1 Å². The van der Waals surface area contributed by atoms with Crippen LogP contribution in [0.3, 0.4) is 0 Å². The fourth-order valence-corrected chi connectivity index (χ4v) is 5.74. The van der Waals surface area contributed by atoms with Crippen molar-refractivity contribution in [2.45, 2.75) is 44.3 Å². The maximum Gasteiger partial charge on any atom is 0.250 e. The Hall–Kier alpha value is -2.90. The van der Waals surface area contributed by atoms with Gasteiger partial charge in [-0.1, -0.05) is 35.9 Å². The summed E-state index contributed by atoms with van der Waals surface area (Å²) in [7, 11) is 0. The summed E-state index contributed by atoms with van der Waals surface area (Å²) in [5, 5.41) is 16.2. The number of carbonyl (C=O) groups is 3. The zero-order chi connectivity index (χ0) is 23.0. The lowest BCUT2D eigenvalue weighted by molar-refractivity contribution is -0.147. The van der Waals surface area contributed by atoms with Gasteiger partial charge in [-0.05, 0) is 51.0 Å². The number of nitrogens with one attached hydrogen (secondary N) is 2. The molecule has 3 aliphatic heterocycles. The summed E-state index contributed by atoms with van der Waals surface area (Å²) in [6.45, 7) is 5.45. The van der Waals surface area contributed by atoms with E-state index in [1.165, 1.54) is 4.90 Å². The van der Waals surface area contributed by atoms with Crippen LogP contribution in [-0.4, -0.2) is 39.3 Å². The molecule has 3 heterocycles. The number of hydrogen-bond acceptors (Lipinski definition) is 5. The van der Waals surface area contributed by atoms with Crippen molar-refractivity contribution in [2.75, 3.05) is 5.32 Å². The van der Waals surface area contributed by atoms with E-state index in [1.54, 1.807) is 42.5 Å². The molecule has 0 radical (unpaired) electrons. The highest BCUT2D eigenvalue weighted by Crippen LogP contribution is 2.55. The van der Waals surface area contributed by atoms with Crippen molar-refractivity contribution in [1.29, 1.82) is 0 Å². The monoisotopic (exact) mass is 453 g/mol. The molecule has 3 aliphatic rings. The molecule has 166 valence electrons. The number of phenolic OH excluding ortho intramolecular Hbond substituents is 1. The molecule has 0 saturated carbocycles. The minimum Gasteiger partial charge on any atom is -0.508 e. The Kier molecular flexibility index (Phi) is 4.45. The first kappa shape index (κ1) is 21.0. The molecule has 7 nitrogen and oxygen atoms in total. The number of aromatic hydroxyl groups is 1. The molecule has 2 aromatic rings. The Balaban J connectivity index is 1.66. The van der Waals surface area contributed by atoms with Crippen molar-refractivity contribution in [1.82, 2.24) is 10.2 Å². The molecule has 0 aliphatic carbocycles. The number of rotatable bonds is 2. The number of likely N-dealkylation sites (tertiary alicyclic amines) is 1. The number of phenols is 1. The molecular formula is C24H24ClN3O4. The second kappa shape index (κ2) is 6.80. The van der Waals surface area contributed by atoms with Gasteiger partial charge in [0.1, 0.15) is 11.3 Å². The van der Waals surface area contributed by atoms with Crippen LogP contribution in [0.2, 0.25) is 5.02 Å². The standard InChI is InChI=1S/C24H24ClN3O4/c1-23(2,3)28-20(30)17-16(11-12-7-9-13(29)10-8-12)27-24(18(17)21(28)31)14-5-4-6-15(25)19(14)26-22(24)32/h4-10,16-18,27,29H,11H2,1-3H3,(H,26,32)/t16-,17-,18+,24-/m1/s1. The fraction of sp³-hybridized carbons (Fsp3) is 0.375. The average Bonchev–Trinajstić information content (AvgIpc) is 3.29. The van der Waals surface area contributed by atoms with E-state index in [1.807, 2.05) is 20.8 Å². The molecule has 8 heteroatoms. The Morgan fingerprint density at radius 3 is 2.41 bits per heavy atom. The van der Waals surface area contributed by atoms with Gasteiger partial charge in [-0.3, -0.25) is 24.6 Å². The minimum atomic E-state index is -1.38. The van der Waals surface area contributed by atoms with E-state index in [2.05, 4.69) is 10.6 Å². The maximum atomic E-state index is 13.7. The smallest absolute Gasteiger partial charge is 0.250 e. The molecule has 2 aromatic carbocycles. The SMILES string of the molecule is CC(C)(C)N1C(=O)[C@H]2[C@@H](C1=O)[C@@]1(N[C@@H]2Cc2ccc(O)cc2)C(=O)Nc2c(Cl)cccc21. The Morgan fingerprint density at radius 2 is 1.75 bits per heavy atom. The largest absolute Gasteiger partial charge is 0.508 e. The first-order valence-corrected chi connectivity index (χ1v) is 11.0. The molecule has 0 aromatic heterocycles. The van der Waals surface area contributed by atoms with Crippen LogP contribution >= 0.6 is 11.6 Å². The van der Waals surface area contributed by atoms with Gasteiger partial charge in [0.05, 0.1) is 22.5 Å². The van der Waals surface area contributed by atoms with Gasteiger partial charge in [0.25, 0.3) is 0 Å². The highest BCUT2D eigenvalue weighted by molar-refractivity contribution is 6.35. The number of amides is 3. The zero-order valence-electron chi connectivity index (χ0n) is 18.0. The summed E-state index contributed by atoms with van der Waals surface area (Å²) in [5.41, 5.74) is -0.135. The van der Waals surface area contributed by atoms with Crippen molar-refractivity contribution in [2.24, 2.45) is 11.8 Å². The second-order valence-electron chi connectivity index (χ2n) is 9.73. The van der Waals surface area contributed by atoms with Gasteiger partial charge >= 0.3 is 0 Å². The number of fused-ring (bicyclic) bond motifs is 4. The van der Waals surface area contributed by atoms with E-state index in [9.17, 15) is 19.5 Å². The quantitative estimate of drug-likeness (QED) is 0.607. The molecule has 2 fully saturated rings. The number of para-hydroxylation sites is 1. The summed E-state index contributed by atoms with van der Waals surface area (Å²) in [6.07, 6.45) is 0.420. The molecule has 0 unspecified atom stereocenters. The lowest BCUT2D eigenvalue weighted by atomic mass is 9.76. The lowest BCUT2D eigenvalue weighted by Gasteiger charge is -2.34. The van der Waals surface area contributed by atoms with E-state index >= 15 is 0 Å². The number of imide groups is 1. The summed E-state index contributed by atoms with van der Waals surface area (Å²) < 4.78 is 0. The number of hydrogen-bond donors (Lipinski definition) is 3. The molecular weight excluding hydrogens is 430 g/mol. The molecule has 2 saturated heterocycles. The number of halogens is 1. The first-order valence-electron chi connectivity index (χ1n) is 10.6. The van der Waals surface area contributed by atoms with Crippen molar-refractivity contribution in [3.8, 4) is 5.75 Å². The first-order chi connectivity index (χ1) is 15.1. The van der Waals surface area contributed by atoms with Gasteiger partial charge in [0.2, 0.25) is 17.7 Å². The van der Waals surface area contributed by atoms with Crippen LogP contribution in [0.15, 0.2) is 42.5 Å². The van der Waals surface area contributed by atoms with Crippen molar-refractivity contribution < 1.29 is 19.5 Å². The predicted octanol–water partition coefficient (Wildman–Crippen LogP) is 2.81. The van der Waals surface area contributed by atoms with Gasteiger partial charge in [-0.25, -0.2) is 0 Å². The van der Waals surface area contributed by atoms with Gasteiger partial charge < -0.3 is 10.4 Å². The molecule has 5 rings (SSSR count). The van der Waals surface area contributed by atoms with E-state index in [0.717, 1.165) is 5.56 Å². The third-order valence-corrected chi connectivity index (χ3v) is 7.08. The maximum absolute atomic E-state index is 13.7. The van der Waals surface area contributed by atoms with E-state index in [4.69, 9.17) is 11.6 Å². The highest BCUT2D eigenvalue weighted by atomic mass is 35.5. The Bertz CT molecular complexity index is 1160. The topological polar surface area (TPSA) is 98.7 Å². The van der Waals surface area contributed by atoms with E-state index in [0.29, 0.717) is 22.7 Å². The second-order valence-corrected chi connectivity index (χ2v) is 10.1. The summed E-state index contributed by atoms with van der Waals surface area (Å²) in [5.74, 6) is -2.43. The van der Waals surface area contributed by atoms with Crippen LogP contribution < -0.4 is 10.6 Å². The third-order valence-electron chi connectivity index (χ3n) is 6.76. The van der Waals surface area contributed by atoms with E-state index < -0.39 is 29.0 Å².